The minimum Gasteiger partial charge on any atom is -0.444 e. The third-order valence-corrected chi connectivity index (χ3v) is 5.58. The molecule has 186 valence electrons. The molecule has 34 heavy (non-hydrogen) atoms. The highest BCUT2D eigenvalue weighted by molar-refractivity contribution is 6.38. The number of carbonyl (C=O) groups is 4. The van der Waals surface area contributed by atoms with Gasteiger partial charge in [-0.05, 0) is 45.1 Å². The molecule has 0 aliphatic heterocycles. The van der Waals surface area contributed by atoms with Gasteiger partial charge in [-0.1, -0.05) is 55.7 Å². The van der Waals surface area contributed by atoms with Gasteiger partial charge in [-0.15, -0.1) is 6.58 Å². The highest BCUT2D eigenvalue weighted by atomic mass is 16.6. The second-order valence-electron chi connectivity index (χ2n) is 9.68. The molecule has 0 heterocycles. The molecule has 3 amide bonds. The first-order valence-corrected chi connectivity index (χ1v) is 11.9. The molecule has 1 aromatic carbocycles. The average molecular weight is 472 g/mol. The van der Waals surface area contributed by atoms with Crippen molar-refractivity contribution < 1.29 is 23.9 Å². The summed E-state index contributed by atoms with van der Waals surface area (Å²) in [4.78, 5) is 51.1. The Labute approximate surface area is 201 Å². The normalized spacial score (nSPS) is 15.3. The summed E-state index contributed by atoms with van der Waals surface area (Å²) < 4.78 is 5.28. The molecule has 1 aliphatic rings. The second kappa shape index (κ2) is 12.9. The molecule has 0 aromatic heterocycles. The van der Waals surface area contributed by atoms with Crippen LogP contribution in [0.3, 0.4) is 0 Å². The van der Waals surface area contributed by atoms with E-state index in [4.69, 9.17) is 4.74 Å². The molecule has 0 radical (unpaired) electrons. The van der Waals surface area contributed by atoms with Crippen molar-refractivity contribution in [3.8, 4) is 0 Å². The van der Waals surface area contributed by atoms with Crippen molar-refractivity contribution in [3.05, 3.63) is 48.6 Å². The largest absolute Gasteiger partial charge is 0.444 e. The van der Waals surface area contributed by atoms with E-state index in [1.165, 1.54) is 0 Å². The fourth-order valence-electron chi connectivity index (χ4n) is 3.61. The number of Topliss-reactive ketones (excluding diaryl/α,β-unsaturated/α-hetero) is 1. The summed E-state index contributed by atoms with van der Waals surface area (Å²) in [5, 5.41) is 7.91. The van der Waals surface area contributed by atoms with Gasteiger partial charge in [0.15, 0.2) is 0 Å². The number of rotatable bonds is 12. The van der Waals surface area contributed by atoms with E-state index >= 15 is 0 Å². The third kappa shape index (κ3) is 9.37. The van der Waals surface area contributed by atoms with Crippen LogP contribution in [-0.4, -0.2) is 47.9 Å². The molecule has 1 fully saturated rings. The Balaban J connectivity index is 2.11. The Bertz CT molecular complexity index is 859. The van der Waals surface area contributed by atoms with Gasteiger partial charge in [0.25, 0.3) is 5.91 Å². The zero-order chi connectivity index (χ0) is 25.1. The van der Waals surface area contributed by atoms with E-state index in [2.05, 4.69) is 22.5 Å². The summed E-state index contributed by atoms with van der Waals surface area (Å²) in [6, 6.07) is 7.29. The smallest absolute Gasteiger partial charge is 0.408 e. The van der Waals surface area contributed by atoms with Gasteiger partial charge in [-0.3, -0.25) is 14.4 Å². The number of hydrogen-bond acceptors (Lipinski definition) is 5. The highest BCUT2D eigenvalue weighted by Crippen LogP contribution is 2.30. The minimum absolute atomic E-state index is 0.229. The van der Waals surface area contributed by atoms with Gasteiger partial charge in [-0.2, -0.15) is 0 Å². The van der Waals surface area contributed by atoms with Crippen molar-refractivity contribution in [1.82, 2.24) is 16.0 Å². The quantitative estimate of drug-likeness (QED) is 0.246. The van der Waals surface area contributed by atoms with E-state index in [0.29, 0.717) is 19.4 Å². The van der Waals surface area contributed by atoms with Gasteiger partial charge >= 0.3 is 6.09 Å². The Morgan fingerprint density at radius 3 is 2.32 bits per heavy atom. The SMILES string of the molecule is C=CCCNC(=O)C(Cc1ccccc1)NC(=O)C(=O)C(CC1CCC1)NC(=O)OC(C)(C)C. The molecule has 8 nitrogen and oxygen atoms in total. The van der Waals surface area contributed by atoms with Crippen molar-refractivity contribution in [2.75, 3.05) is 6.54 Å². The van der Waals surface area contributed by atoms with Crippen molar-refractivity contribution in [1.29, 1.82) is 0 Å². The standard InChI is InChI=1S/C26H37N3O5/c1-5-6-15-27-23(31)21(17-18-11-8-7-9-12-18)28-24(32)22(30)20(16-19-13-10-14-19)29-25(33)34-26(2,3)4/h5,7-9,11-12,19-21H,1,6,10,13-17H2,2-4H3,(H,27,31)(H,28,32)(H,29,33). The van der Waals surface area contributed by atoms with E-state index in [0.717, 1.165) is 24.8 Å². The van der Waals surface area contributed by atoms with Crippen LogP contribution in [-0.2, 0) is 25.5 Å². The Hall–Kier alpha value is -3.16. The number of nitrogens with one attached hydrogen (secondary N) is 3. The Morgan fingerprint density at radius 2 is 1.76 bits per heavy atom. The molecule has 0 saturated heterocycles. The summed E-state index contributed by atoms with van der Waals surface area (Å²) in [5.74, 6) is -1.81. The summed E-state index contributed by atoms with van der Waals surface area (Å²) in [6.07, 6.45) is 5.07. The monoisotopic (exact) mass is 471 g/mol. The van der Waals surface area contributed by atoms with Crippen LogP contribution < -0.4 is 16.0 Å². The van der Waals surface area contributed by atoms with Crippen LogP contribution >= 0.6 is 0 Å². The van der Waals surface area contributed by atoms with Gasteiger partial charge < -0.3 is 20.7 Å². The molecule has 8 heteroatoms. The summed E-state index contributed by atoms with van der Waals surface area (Å²) in [7, 11) is 0. The number of amides is 3. The van der Waals surface area contributed by atoms with Crippen LogP contribution in [0.15, 0.2) is 43.0 Å². The summed E-state index contributed by atoms with van der Waals surface area (Å²) in [6.45, 7) is 9.18. The maximum absolute atomic E-state index is 13.1. The second-order valence-corrected chi connectivity index (χ2v) is 9.68. The molecule has 1 saturated carbocycles. The maximum atomic E-state index is 13.1. The van der Waals surface area contributed by atoms with E-state index in [1.807, 2.05) is 30.3 Å². The van der Waals surface area contributed by atoms with Gasteiger partial charge in [-0.25, -0.2) is 4.79 Å². The molecular weight excluding hydrogens is 434 g/mol. The first-order valence-electron chi connectivity index (χ1n) is 11.9. The molecule has 2 atom stereocenters. The summed E-state index contributed by atoms with van der Waals surface area (Å²) >= 11 is 0. The lowest BCUT2D eigenvalue weighted by Crippen LogP contribution is -2.54. The number of ketones is 1. The van der Waals surface area contributed by atoms with Crippen molar-refractivity contribution in [3.63, 3.8) is 0 Å². The fraction of sp³-hybridized carbons (Fsp3) is 0.538. The number of carbonyl (C=O) groups excluding carboxylic acids is 4. The van der Waals surface area contributed by atoms with Gasteiger partial charge in [0.1, 0.15) is 17.7 Å². The molecule has 0 bridgehead atoms. The van der Waals surface area contributed by atoms with E-state index in [-0.39, 0.29) is 18.2 Å². The van der Waals surface area contributed by atoms with Crippen LogP contribution in [0.1, 0.15) is 58.4 Å². The predicted octanol–water partition coefficient (Wildman–Crippen LogP) is 3.06. The first-order chi connectivity index (χ1) is 16.1. The van der Waals surface area contributed by atoms with Gasteiger partial charge in [0.05, 0.1) is 0 Å². The Morgan fingerprint density at radius 1 is 1.09 bits per heavy atom. The zero-order valence-electron chi connectivity index (χ0n) is 20.4. The number of ether oxygens (including phenoxy) is 1. The molecular formula is C26H37N3O5. The van der Waals surface area contributed by atoms with Crippen LogP contribution in [0.5, 0.6) is 0 Å². The number of benzene rings is 1. The van der Waals surface area contributed by atoms with Gasteiger partial charge in [0.2, 0.25) is 11.7 Å². The van der Waals surface area contributed by atoms with Crippen LogP contribution in [0, 0.1) is 5.92 Å². The lowest BCUT2D eigenvalue weighted by Gasteiger charge is -2.30. The number of alkyl carbamates (subject to hydrolysis) is 1. The minimum atomic E-state index is -1.01. The predicted molar refractivity (Wildman–Crippen MR) is 130 cm³/mol. The van der Waals surface area contributed by atoms with Crippen LogP contribution in [0.4, 0.5) is 4.79 Å². The third-order valence-electron chi connectivity index (χ3n) is 5.58. The molecule has 3 N–H and O–H groups in total. The molecule has 2 rings (SSSR count). The first kappa shape index (κ1) is 27.1. The topological polar surface area (TPSA) is 114 Å². The zero-order valence-corrected chi connectivity index (χ0v) is 20.4. The molecule has 1 aromatic rings. The fourth-order valence-corrected chi connectivity index (χ4v) is 3.61. The lowest BCUT2D eigenvalue weighted by atomic mass is 9.80. The van der Waals surface area contributed by atoms with Crippen molar-refractivity contribution in [2.24, 2.45) is 5.92 Å². The van der Waals surface area contributed by atoms with Crippen LogP contribution in [0.2, 0.25) is 0 Å². The average Bonchev–Trinajstić information content (AvgIpc) is 2.73. The van der Waals surface area contributed by atoms with Crippen LogP contribution in [0.25, 0.3) is 0 Å². The summed E-state index contributed by atoms with van der Waals surface area (Å²) in [5.41, 5.74) is 0.109. The van der Waals surface area contributed by atoms with E-state index in [1.54, 1.807) is 26.8 Å². The van der Waals surface area contributed by atoms with Crippen molar-refractivity contribution >= 4 is 23.7 Å². The number of hydrogen-bond donors (Lipinski definition) is 3. The highest BCUT2D eigenvalue weighted by Gasteiger charge is 2.34. The maximum Gasteiger partial charge on any atom is 0.408 e. The van der Waals surface area contributed by atoms with E-state index in [9.17, 15) is 19.2 Å². The lowest BCUT2D eigenvalue weighted by molar-refractivity contribution is -0.140. The van der Waals surface area contributed by atoms with Gasteiger partial charge in [0, 0.05) is 13.0 Å². The van der Waals surface area contributed by atoms with E-state index < -0.39 is 35.5 Å². The van der Waals surface area contributed by atoms with Crippen molar-refractivity contribution in [2.45, 2.75) is 77.0 Å². The molecule has 2 unspecified atom stereocenters. The molecule has 0 spiro atoms. The Kier molecular flexibility index (Phi) is 10.3. The molecule has 1 aliphatic carbocycles.